The number of aliphatic carboxylic acids is 1. The highest BCUT2D eigenvalue weighted by Gasteiger charge is 2.00. The van der Waals surface area contributed by atoms with Crippen LogP contribution in [0.15, 0.2) is 24.3 Å². The van der Waals surface area contributed by atoms with Crippen LogP contribution >= 0.6 is 0 Å². The van der Waals surface area contributed by atoms with Gasteiger partial charge in [0.05, 0.1) is 0 Å². The Morgan fingerprint density at radius 2 is 1.94 bits per heavy atom. The van der Waals surface area contributed by atoms with Gasteiger partial charge in [0.1, 0.15) is 5.75 Å². The van der Waals surface area contributed by atoms with Crippen molar-refractivity contribution >= 4 is 12.0 Å². The molecule has 0 heterocycles. The van der Waals surface area contributed by atoms with Crippen LogP contribution in [0.2, 0.25) is 0 Å². The van der Waals surface area contributed by atoms with Gasteiger partial charge in [0.2, 0.25) is 0 Å². The molecule has 1 aromatic carbocycles. The fraction of sp³-hybridized carbons (Fsp3) is 0.273. The van der Waals surface area contributed by atoms with Gasteiger partial charge in [0.25, 0.3) is 0 Å². The molecule has 0 saturated carbocycles. The molecule has 18 heavy (non-hydrogen) atoms. The van der Waals surface area contributed by atoms with Crippen molar-refractivity contribution in [3.8, 4) is 5.75 Å². The number of carbonyl (C=O) groups excluding carboxylic acids is 1. The smallest absolute Gasteiger partial charge is 0.341 e. The molecule has 0 aromatic heterocycles. The zero-order valence-corrected chi connectivity index (χ0v) is 9.68. The van der Waals surface area contributed by atoms with Gasteiger partial charge in [-0.2, -0.15) is 0 Å². The minimum absolute atomic E-state index is 0.364. The quantitative estimate of drug-likeness (QED) is 0.320. The van der Waals surface area contributed by atoms with Crippen LogP contribution < -0.4 is 21.3 Å². The Morgan fingerprint density at radius 3 is 2.50 bits per heavy atom. The van der Waals surface area contributed by atoms with Gasteiger partial charge < -0.3 is 15.2 Å². The third-order valence-corrected chi connectivity index (χ3v) is 2.12. The van der Waals surface area contributed by atoms with E-state index in [1.54, 1.807) is 24.3 Å². The van der Waals surface area contributed by atoms with E-state index in [2.05, 4.69) is 5.32 Å². The number of benzene rings is 1. The summed E-state index contributed by atoms with van der Waals surface area (Å²) >= 11 is 0. The first-order chi connectivity index (χ1) is 8.61. The predicted octanol–water partition coefficient (Wildman–Crippen LogP) is -0.135. The molecule has 7 heteroatoms. The minimum atomic E-state index is -1.02. The maximum Gasteiger partial charge on any atom is 0.341 e. The molecule has 0 bridgehead atoms. The summed E-state index contributed by atoms with van der Waals surface area (Å²) in [5.41, 5.74) is 2.96. The number of ether oxygens (including phenoxy) is 1. The lowest BCUT2D eigenvalue weighted by Gasteiger charge is -2.06. The standard InChI is InChI=1S/C11H15N3O4/c12-14-11(17)13-6-5-8-1-3-9(4-2-8)18-7-10(15)16/h1-4H,5-7,12H2,(H,15,16)(H2,13,14,17). The van der Waals surface area contributed by atoms with Crippen molar-refractivity contribution in [3.63, 3.8) is 0 Å². The maximum atomic E-state index is 10.8. The lowest BCUT2D eigenvalue weighted by atomic mass is 10.1. The van der Waals surface area contributed by atoms with Crippen LogP contribution in [0.5, 0.6) is 5.75 Å². The van der Waals surface area contributed by atoms with E-state index in [1.807, 2.05) is 5.43 Å². The first-order valence-corrected chi connectivity index (χ1v) is 5.30. The molecule has 0 aliphatic carbocycles. The Morgan fingerprint density at radius 1 is 1.28 bits per heavy atom. The van der Waals surface area contributed by atoms with Crippen LogP contribution in [0, 0.1) is 0 Å². The number of nitrogens with two attached hydrogens (primary N) is 1. The molecule has 0 spiro atoms. The van der Waals surface area contributed by atoms with E-state index in [1.165, 1.54) is 0 Å². The average Bonchev–Trinajstić information content (AvgIpc) is 2.37. The Bertz CT molecular complexity index is 405. The third kappa shape index (κ3) is 5.17. The van der Waals surface area contributed by atoms with Crippen LogP contribution in [-0.4, -0.2) is 30.3 Å². The Kier molecular flexibility index (Phi) is 5.46. The van der Waals surface area contributed by atoms with Gasteiger partial charge in [0, 0.05) is 6.54 Å². The summed E-state index contributed by atoms with van der Waals surface area (Å²) in [5, 5.41) is 11.0. The second-order valence-corrected chi connectivity index (χ2v) is 3.48. The van der Waals surface area contributed by atoms with E-state index in [4.69, 9.17) is 15.7 Å². The number of urea groups is 1. The average molecular weight is 253 g/mol. The van der Waals surface area contributed by atoms with Crippen molar-refractivity contribution in [1.82, 2.24) is 10.7 Å². The topological polar surface area (TPSA) is 114 Å². The van der Waals surface area contributed by atoms with Gasteiger partial charge in [-0.25, -0.2) is 15.4 Å². The van der Waals surface area contributed by atoms with E-state index < -0.39 is 12.0 Å². The zero-order valence-electron chi connectivity index (χ0n) is 9.68. The number of rotatable bonds is 6. The highest BCUT2D eigenvalue weighted by molar-refractivity contribution is 5.73. The molecular weight excluding hydrogens is 238 g/mol. The van der Waals surface area contributed by atoms with Crippen molar-refractivity contribution in [2.75, 3.05) is 13.2 Å². The van der Waals surface area contributed by atoms with Crippen LogP contribution in [0.25, 0.3) is 0 Å². The summed E-state index contributed by atoms with van der Waals surface area (Å²) in [4.78, 5) is 21.1. The van der Waals surface area contributed by atoms with Gasteiger partial charge in [0.15, 0.2) is 6.61 Å². The molecule has 1 rings (SSSR count). The van der Waals surface area contributed by atoms with Gasteiger partial charge in [-0.05, 0) is 24.1 Å². The maximum absolute atomic E-state index is 10.8. The summed E-state index contributed by atoms with van der Waals surface area (Å²) < 4.78 is 4.99. The molecule has 5 N–H and O–H groups in total. The lowest BCUT2D eigenvalue weighted by Crippen LogP contribution is -2.40. The molecule has 2 amide bonds. The highest BCUT2D eigenvalue weighted by atomic mass is 16.5. The summed E-state index contributed by atoms with van der Waals surface area (Å²) in [6.45, 7) is 0.0932. The summed E-state index contributed by atoms with van der Waals surface area (Å²) in [6, 6.07) is 6.54. The monoisotopic (exact) mass is 253 g/mol. The molecule has 0 atom stereocenters. The van der Waals surface area contributed by atoms with E-state index in [9.17, 15) is 9.59 Å². The molecular formula is C11H15N3O4. The fourth-order valence-corrected chi connectivity index (χ4v) is 1.27. The first-order valence-electron chi connectivity index (χ1n) is 5.30. The van der Waals surface area contributed by atoms with Crippen molar-refractivity contribution < 1.29 is 19.4 Å². The zero-order chi connectivity index (χ0) is 13.4. The minimum Gasteiger partial charge on any atom is -0.482 e. The number of hydrogen-bond donors (Lipinski definition) is 4. The van der Waals surface area contributed by atoms with Crippen molar-refractivity contribution in [2.24, 2.45) is 5.84 Å². The summed E-state index contributed by atoms with van der Waals surface area (Å²) in [6.07, 6.45) is 0.645. The van der Waals surface area contributed by atoms with Gasteiger partial charge in [-0.3, -0.25) is 5.43 Å². The van der Waals surface area contributed by atoms with E-state index >= 15 is 0 Å². The van der Waals surface area contributed by atoms with Gasteiger partial charge in [-0.15, -0.1) is 0 Å². The second kappa shape index (κ2) is 7.13. The number of hydrogen-bond acceptors (Lipinski definition) is 4. The first kappa shape index (κ1) is 13.8. The lowest BCUT2D eigenvalue weighted by molar-refractivity contribution is -0.139. The van der Waals surface area contributed by atoms with E-state index in [0.29, 0.717) is 18.7 Å². The molecule has 7 nitrogen and oxygen atoms in total. The van der Waals surface area contributed by atoms with Crippen molar-refractivity contribution in [1.29, 1.82) is 0 Å². The Balaban J connectivity index is 2.35. The van der Waals surface area contributed by atoms with Crippen LogP contribution in [0.4, 0.5) is 4.79 Å². The Hall–Kier alpha value is -2.28. The SMILES string of the molecule is NNC(=O)NCCc1ccc(OCC(=O)O)cc1. The fourth-order valence-electron chi connectivity index (χ4n) is 1.27. The number of hydrazine groups is 1. The number of amides is 2. The van der Waals surface area contributed by atoms with Crippen LogP contribution in [0.1, 0.15) is 5.56 Å². The predicted molar refractivity (Wildman–Crippen MR) is 64.0 cm³/mol. The number of carboxylic acids is 1. The largest absolute Gasteiger partial charge is 0.482 e. The molecule has 98 valence electrons. The van der Waals surface area contributed by atoms with Crippen LogP contribution in [0.3, 0.4) is 0 Å². The number of nitrogens with one attached hydrogen (secondary N) is 2. The normalized spacial score (nSPS) is 9.61. The number of carboxylic acid groups (broad SMARTS) is 1. The molecule has 1 aromatic rings. The van der Waals surface area contributed by atoms with Crippen LogP contribution in [-0.2, 0) is 11.2 Å². The second-order valence-electron chi connectivity index (χ2n) is 3.48. The molecule has 0 aliphatic rings. The third-order valence-electron chi connectivity index (χ3n) is 2.12. The van der Waals surface area contributed by atoms with Crippen molar-refractivity contribution in [2.45, 2.75) is 6.42 Å². The highest BCUT2D eigenvalue weighted by Crippen LogP contribution is 2.12. The number of carbonyl (C=O) groups is 2. The Labute approximate surface area is 104 Å². The van der Waals surface area contributed by atoms with E-state index in [-0.39, 0.29) is 6.61 Å². The summed E-state index contributed by atoms with van der Waals surface area (Å²) in [5.74, 6) is 4.38. The molecule has 0 unspecified atom stereocenters. The van der Waals surface area contributed by atoms with Crippen molar-refractivity contribution in [3.05, 3.63) is 29.8 Å². The van der Waals surface area contributed by atoms with Gasteiger partial charge >= 0.3 is 12.0 Å². The van der Waals surface area contributed by atoms with E-state index in [0.717, 1.165) is 5.56 Å². The molecule has 0 fully saturated rings. The molecule has 0 radical (unpaired) electrons. The van der Waals surface area contributed by atoms with Gasteiger partial charge in [-0.1, -0.05) is 12.1 Å². The summed E-state index contributed by atoms with van der Waals surface area (Å²) in [7, 11) is 0. The molecule has 0 aliphatic heterocycles. The molecule has 0 saturated heterocycles.